The second-order valence-corrected chi connectivity index (χ2v) is 6.18. The van der Waals surface area contributed by atoms with Crippen molar-refractivity contribution < 1.29 is 33.9 Å². The van der Waals surface area contributed by atoms with Crippen LogP contribution in [0.15, 0.2) is 24.3 Å². The van der Waals surface area contributed by atoms with Gasteiger partial charge in [0.25, 0.3) is 0 Å². The van der Waals surface area contributed by atoms with Crippen molar-refractivity contribution in [3.05, 3.63) is 35.6 Å². The minimum atomic E-state index is -1.62. The Morgan fingerprint density at radius 1 is 1.42 bits per heavy atom. The van der Waals surface area contributed by atoms with Gasteiger partial charge in [0.2, 0.25) is 17.4 Å². The normalized spacial score (nSPS) is 32.2. The summed E-state index contributed by atoms with van der Waals surface area (Å²) in [7, 11) is 2.49. The highest BCUT2D eigenvalue weighted by molar-refractivity contribution is 6.08. The van der Waals surface area contributed by atoms with Crippen molar-refractivity contribution in [3.8, 4) is 0 Å². The minimum absolute atomic E-state index is 0.449. The second-order valence-electron chi connectivity index (χ2n) is 6.18. The molecule has 2 aliphatic heterocycles. The third kappa shape index (κ3) is 2.06. The predicted molar refractivity (Wildman–Crippen MR) is 77.7 cm³/mol. The van der Waals surface area contributed by atoms with E-state index < -0.39 is 53.6 Å². The van der Waals surface area contributed by atoms with E-state index in [0.717, 1.165) is 12.0 Å². The molecule has 2 aliphatic rings. The molecule has 0 aliphatic carbocycles. The molecule has 4 atom stereocenters. The lowest BCUT2D eigenvalue weighted by Gasteiger charge is -2.26. The quantitative estimate of drug-likeness (QED) is 0.521. The maximum Gasteiger partial charge on any atom is 0.371 e. The van der Waals surface area contributed by atoms with Crippen LogP contribution in [-0.4, -0.2) is 54.1 Å². The van der Waals surface area contributed by atoms with Crippen LogP contribution in [0.5, 0.6) is 0 Å². The molecule has 0 spiro atoms. The molecule has 0 unspecified atom stereocenters. The zero-order valence-corrected chi connectivity index (χ0v) is 13.2. The van der Waals surface area contributed by atoms with Gasteiger partial charge in [-0.2, -0.15) is 0 Å². The largest absolute Gasteiger partial charge is 0.464 e. The number of imide groups is 1. The zero-order valence-electron chi connectivity index (χ0n) is 13.2. The first kappa shape index (κ1) is 16.5. The van der Waals surface area contributed by atoms with Crippen LogP contribution in [0.1, 0.15) is 11.6 Å². The van der Waals surface area contributed by atoms with Crippen molar-refractivity contribution in [1.29, 1.82) is 0 Å². The van der Waals surface area contributed by atoms with Gasteiger partial charge in [0.05, 0.1) is 7.11 Å². The molecule has 7 nitrogen and oxygen atoms in total. The number of amides is 2. The summed E-state index contributed by atoms with van der Waals surface area (Å²) in [6.07, 6.45) is 0. The Labute approximate surface area is 137 Å². The first-order valence-corrected chi connectivity index (χ1v) is 7.49. The van der Waals surface area contributed by atoms with E-state index in [4.69, 9.17) is 4.74 Å². The van der Waals surface area contributed by atoms with Crippen molar-refractivity contribution in [3.63, 3.8) is 0 Å². The molecule has 1 aromatic rings. The van der Waals surface area contributed by atoms with Crippen molar-refractivity contribution >= 4 is 17.8 Å². The highest BCUT2D eigenvalue weighted by Gasteiger charge is 2.72. The molecule has 2 heterocycles. The number of aliphatic hydroxyl groups excluding tert-OH is 1. The van der Waals surface area contributed by atoms with E-state index in [2.05, 4.69) is 0 Å². The average Bonchev–Trinajstić information content (AvgIpc) is 3.05. The fourth-order valence-corrected chi connectivity index (χ4v) is 3.88. The molecule has 128 valence electrons. The number of ether oxygens (including phenoxy) is 1. The summed E-state index contributed by atoms with van der Waals surface area (Å²) in [6, 6.07) is 4.98. The van der Waals surface area contributed by atoms with Crippen LogP contribution < -0.4 is 5.32 Å². The number of nitrogens with two attached hydrogens (primary N) is 1. The molecular formula is C16H18FN2O5+. The number of methoxy groups -OCH3 is 1. The Balaban J connectivity index is 2.14. The number of aliphatic hydroxyl groups is 1. The number of quaternary nitrogens is 1. The summed E-state index contributed by atoms with van der Waals surface area (Å²) in [5.74, 6) is -4.18. The standard InChI is InChI=1S/C16H17FN2O5/c1-19-13(21)10-11(14(19)22)16(7-20,15(23)24-2)18-12(10)8-4-3-5-9(17)6-8/h3-6,10-12,18,20H,7H2,1-2H3/p+1/t10-,11+,12-,16-/m1/s1. The topological polar surface area (TPSA) is 101 Å². The Morgan fingerprint density at radius 2 is 2.12 bits per heavy atom. The van der Waals surface area contributed by atoms with E-state index in [0.29, 0.717) is 5.56 Å². The maximum atomic E-state index is 13.6. The molecule has 0 aromatic heterocycles. The first-order chi connectivity index (χ1) is 11.4. The number of halogens is 1. The number of likely N-dealkylation sites (tertiary alicyclic amines) is 1. The Hall–Kier alpha value is -2.32. The lowest BCUT2D eigenvalue weighted by Crippen LogP contribution is -2.99. The van der Waals surface area contributed by atoms with Gasteiger partial charge in [-0.25, -0.2) is 9.18 Å². The van der Waals surface area contributed by atoms with Crippen LogP contribution in [0, 0.1) is 17.7 Å². The van der Waals surface area contributed by atoms with Crippen molar-refractivity contribution in [1.82, 2.24) is 4.90 Å². The van der Waals surface area contributed by atoms with Crippen LogP contribution >= 0.6 is 0 Å². The number of nitrogens with zero attached hydrogens (tertiary/aromatic N) is 1. The molecule has 3 rings (SSSR count). The monoisotopic (exact) mass is 337 g/mol. The summed E-state index contributed by atoms with van der Waals surface area (Å²) in [5.41, 5.74) is -1.14. The smallest absolute Gasteiger partial charge is 0.371 e. The number of hydrogen-bond acceptors (Lipinski definition) is 5. The van der Waals surface area contributed by atoms with Crippen molar-refractivity contribution in [2.45, 2.75) is 11.6 Å². The van der Waals surface area contributed by atoms with E-state index in [-0.39, 0.29) is 0 Å². The molecule has 3 N–H and O–H groups in total. The number of rotatable bonds is 3. The van der Waals surface area contributed by atoms with Crippen molar-refractivity contribution in [2.75, 3.05) is 20.8 Å². The first-order valence-electron chi connectivity index (χ1n) is 7.49. The van der Waals surface area contributed by atoms with Gasteiger partial charge in [0.1, 0.15) is 30.3 Å². The Morgan fingerprint density at radius 3 is 2.71 bits per heavy atom. The van der Waals surface area contributed by atoms with Gasteiger partial charge < -0.3 is 15.2 Å². The van der Waals surface area contributed by atoms with Crippen molar-refractivity contribution in [2.24, 2.45) is 11.8 Å². The van der Waals surface area contributed by atoms with E-state index in [1.54, 1.807) is 6.07 Å². The Kier molecular flexibility index (Phi) is 3.89. The van der Waals surface area contributed by atoms with Crippen LogP contribution in [0.4, 0.5) is 4.39 Å². The predicted octanol–water partition coefficient (Wildman–Crippen LogP) is -1.42. The SMILES string of the molecule is COC(=O)[C@]1(CO)[NH2+][C@H](c2cccc(F)c2)[C@@H]2C(=O)N(C)C(=O)[C@H]21. The molecule has 24 heavy (non-hydrogen) atoms. The molecular weight excluding hydrogens is 319 g/mol. The van der Waals surface area contributed by atoms with Crippen LogP contribution in [-0.2, 0) is 19.1 Å². The van der Waals surface area contributed by atoms with Gasteiger partial charge in [0.15, 0.2) is 0 Å². The summed E-state index contributed by atoms with van der Waals surface area (Å²) < 4.78 is 18.4. The number of carbonyl (C=O) groups excluding carboxylic acids is 3. The fraction of sp³-hybridized carbons (Fsp3) is 0.438. The number of benzene rings is 1. The second kappa shape index (κ2) is 5.64. The summed E-state index contributed by atoms with van der Waals surface area (Å²) >= 11 is 0. The highest BCUT2D eigenvalue weighted by atomic mass is 19.1. The molecule has 8 heteroatoms. The molecule has 2 amide bonds. The highest BCUT2D eigenvalue weighted by Crippen LogP contribution is 2.43. The number of carbonyl (C=O) groups is 3. The van der Waals surface area contributed by atoms with Gasteiger partial charge in [-0.1, -0.05) is 12.1 Å². The lowest BCUT2D eigenvalue weighted by molar-refractivity contribution is -0.735. The van der Waals surface area contributed by atoms with Crippen LogP contribution in [0.3, 0.4) is 0 Å². The van der Waals surface area contributed by atoms with Gasteiger partial charge in [-0.15, -0.1) is 0 Å². The summed E-state index contributed by atoms with van der Waals surface area (Å²) in [6.45, 7) is -0.667. The molecule has 0 radical (unpaired) electrons. The third-order valence-electron chi connectivity index (χ3n) is 5.05. The molecule has 1 aromatic carbocycles. The van der Waals surface area contributed by atoms with Crippen LogP contribution in [0.25, 0.3) is 0 Å². The van der Waals surface area contributed by atoms with E-state index >= 15 is 0 Å². The lowest BCUT2D eigenvalue weighted by atomic mass is 9.79. The fourth-order valence-electron chi connectivity index (χ4n) is 3.88. The molecule has 2 fully saturated rings. The molecule has 2 saturated heterocycles. The summed E-state index contributed by atoms with van der Waals surface area (Å²) in [5, 5.41) is 11.4. The number of hydrogen-bond donors (Lipinski definition) is 2. The van der Waals surface area contributed by atoms with Gasteiger partial charge in [-0.3, -0.25) is 14.5 Å². The minimum Gasteiger partial charge on any atom is -0.464 e. The molecule has 0 saturated carbocycles. The average molecular weight is 337 g/mol. The van der Waals surface area contributed by atoms with Gasteiger partial charge in [0, 0.05) is 12.6 Å². The maximum absolute atomic E-state index is 13.6. The third-order valence-corrected chi connectivity index (χ3v) is 5.05. The Bertz CT molecular complexity index is 724. The molecule has 0 bridgehead atoms. The van der Waals surface area contributed by atoms with Gasteiger partial charge in [-0.05, 0) is 12.1 Å². The number of fused-ring (bicyclic) bond motifs is 1. The van der Waals surface area contributed by atoms with E-state index in [1.165, 1.54) is 30.6 Å². The number of esters is 1. The van der Waals surface area contributed by atoms with Gasteiger partial charge >= 0.3 is 5.97 Å². The van der Waals surface area contributed by atoms with E-state index in [9.17, 15) is 23.9 Å². The van der Waals surface area contributed by atoms with E-state index in [1.807, 2.05) is 0 Å². The summed E-state index contributed by atoms with van der Waals surface area (Å²) in [4.78, 5) is 38.4. The van der Waals surface area contributed by atoms with Crippen LogP contribution in [0.2, 0.25) is 0 Å². The zero-order chi connectivity index (χ0) is 17.6.